The van der Waals surface area contributed by atoms with E-state index in [1.54, 1.807) is 18.2 Å². The molecule has 184 valence electrons. The van der Waals surface area contributed by atoms with Crippen molar-refractivity contribution < 1.29 is 9.18 Å². The summed E-state index contributed by atoms with van der Waals surface area (Å²) in [6.45, 7) is 0.440. The van der Waals surface area contributed by atoms with Crippen molar-refractivity contribution in [3.05, 3.63) is 114 Å². The maximum atomic E-state index is 13.7. The van der Waals surface area contributed by atoms with Gasteiger partial charge in [0.05, 0.1) is 18.5 Å². The molecule has 2 N–H and O–H groups in total. The predicted octanol–water partition coefficient (Wildman–Crippen LogP) is 5.41. The number of rotatable bonds is 9. The highest BCUT2D eigenvalue weighted by molar-refractivity contribution is 7.99. The zero-order valence-corrected chi connectivity index (χ0v) is 20.5. The van der Waals surface area contributed by atoms with Gasteiger partial charge in [0.15, 0.2) is 11.0 Å². The van der Waals surface area contributed by atoms with Crippen molar-refractivity contribution in [2.24, 2.45) is 5.10 Å². The van der Waals surface area contributed by atoms with Gasteiger partial charge >= 0.3 is 0 Å². The van der Waals surface area contributed by atoms with Gasteiger partial charge in [0.1, 0.15) is 5.82 Å². The number of carbonyl (C=O) groups excluding carboxylic acids is 1. The Balaban J connectivity index is 1.30. The molecule has 0 radical (unpaired) electrons. The van der Waals surface area contributed by atoms with E-state index in [2.05, 4.69) is 44.2 Å². The highest BCUT2D eigenvalue weighted by Crippen LogP contribution is 2.25. The molecule has 0 bridgehead atoms. The molecule has 0 spiro atoms. The van der Waals surface area contributed by atoms with E-state index < -0.39 is 5.82 Å². The lowest BCUT2D eigenvalue weighted by atomic mass is 10.1. The molecule has 0 aliphatic rings. The van der Waals surface area contributed by atoms with Crippen LogP contribution >= 0.6 is 11.8 Å². The first-order chi connectivity index (χ1) is 18.2. The van der Waals surface area contributed by atoms with E-state index in [1.165, 1.54) is 24.0 Å². The lowest BCUT2D eigenvalue weighted by molar-refractivity contribution is -0.118. The van der Waals surface area contributed by atoms with Crippen molar-refractivity contribution in [2.45, 2.75) is 11.7 Å². The Hall–Kier alpha value is -4.50. The Bertz CT molecular complexity index is 1550. The Morgan fingerprint density at radius 2 is 1.68 bits per heavy atom. The van der Waals surface area contributed by atoms with E-state index in [9.17, 15) is 9.18 Å². The van der Waals surface area contributed by atoms with Crippen LogP contribution in [0.15, 0.2) is 107 Å². The van der Waals surface area contributed by atoms with Gasteiger partial charge in [-0.25, -0.2) is 9.82 Å². The van der Waals surface area contributed by atoms with Crippen LogP contribution in [0.3, 0.4) is 0 Å². The fourth-order valence-corrected chi connectivity index (χ4v) is 4.58. The number of hydrogen-bond acceptors (Lipinski definition) is 6. The van der Waals surface area contributed by atoms with Crippen LogP contribution in [0.25, 0.3) is 16.5 Å². The molecule has 1 amide bonds. The zero-order chi connectivity index (χ0) is 25.5. The molecule has 9 heteroatoms. The van der Waals surface area contributed by atoms with Crippen LogP contribution in [0.1, 0.15) is 11.4 Å². The fourth-order valence-electron chi connectivity index (χ4n) is 3.81. The third kappa shape index (κ3) is 5.84. The Labute approximate surface area is 217 Å². The number of anilines is 1. The topological polar surface area (TPSA) is 84.2 Å². The number of para-hydroxylation sites is 1. The van der Waals surface area contributed by atoms with Crippen LogP contribution in [0.4, 0.5) is 10.1 Å². The average molecular weight is 511 g/mol. The lowest BCUT2D eigenvalue weighted by Gasteiger charge is -2.12. The minimum Gasteiger partial charge on any atom is -0.377 e. The summed E-state index contributed by atoms with van der Waals surface area (Å²) in [7, 11) is 0. The summed E-state index contributed by atoms with van der Waals surface area (Å²) in [5, 5.41) is 18.9. The first-order valence-electron chi connectivity index (χ1n) is 11.6. The highest BCUT2D eigenvalue weighted by atomic mass is 32.2. The van der Waals surface area contributed by atoms with Crippen LogP contribution in [0.5, 0.6) is 0 Å². The highest BCUT2D eigenvalue weighted by Gasteiger charge is 2.16. The quantitative estimate of drug-likeness (QED) is 0.157. The SMILES string of the molecule is O=C(CSc1nnc(CNc2cccc3ccccc23)n1-c1ccccc1)NN=Cc1ccccc1F. The molecular weight excluding hydrogens is 487 g/mol. The summed E-state index contributed by atoms with van der Waals surface area (Å²) in [6.07, 6.45) is 1.28. The number of hydrogen-bond donors (Lipinski definition) is 2. The van der Waals surface area contributed by atoms with E-state index in [1.807, 2.05) is 59.2 Å². The standard InChI is InChI=1S/C28H23FN6OS/c29-24-15-7-5-10-21(24)17-31-33-27(36)19-37-28-34-32-26(35(28)22-12-2-1-3-13-22)18-30-25-16-8-11-20-9-4-6-14-23(20)25/h1-17,30H,18-19H2,(H,33,36). The number of nitrogens with zero attached hydrogens (tertiary/aromatic N) is 4. The van der Waals surface area contributed by atoms with Crippen LogP contribution in [0, 0.1) is 5.82 Å². The van der Waals surface area contributed by atoms with E-state index >= 15 is 0 Å². The molecule has 0 aliphatic heterocycles. The molecule has 1 aromatic heterocycles. The minimum absolute atomic E-state index is 0.0658. The molecule has 5 aromatic rings. The Morgan fingerprint density at radius 1 is 0.919 bits per heavy atom. The van der Waals surface area contributed by atoms with Crippen molar-refractivity contribution in [3.8, 4) is 5.69 Å². The molecule has 0 saturated carbocycles. The number of aromatic nitrogens is 3. The zero-order valence-electron chi connectivity index (χ0n) is 19.7. The molecule has 5 rings (SSSR count). The maximum Gasteiger partial charge on any atom is 0.250 e. The van der Waals surface area contributed by atoms with Gasteiger partial charge in [0.2, 0.25) is 0 Å². The van der Waals surface area contributed by atoms with Gasteiger partial charge in [0, 0.05) is 22.3 Å². The van der Waals surface area contributed by atoms with Crippen molar-refractivity contribution in [1.29, 1.82) is 0 Å². The summed E-state index contributed by atoms with van der Waals surface area (Å²) in [4.78, 5) is 12.4. The fraction of sp³-hybridized carbons (Fsp3) is 0.0714. The number of carbonyl (C=O) groups is 1. The van der Waals surface area contributed by atoms with Crippen LogP contribution in [0.2, 0.25) is 0 Å². The maximum absolute atomic E-state index is 13.7. The number of thioether (sulfide) groups is 1. The molecule has 4 aromatic carbocycles. The molecule has 0 fully saturated rings. The number of hydrazone groups is 1. The largest absolute Gasteiger partial charge is 0.377 e. The van der Waals surface area contributed by atoms with Crippen molar-refractivity contribution >= 4 is 40.3 Å². The molecule has 0 aliphatic carbocycles. The number of halogens is 1. The predicted molar refractivity (Wildman–Crippen MR) is 145 cm³/mol. The minimum atomic E-state index is -0.407. The monoisotopic (exact) mass is 510 g/mol. The van der Waals surface area contributed by atoms with Gasteiger partial charge in [-0.2, -0.15) is 5.10 Å². The Morgan fingerprint density at radius 3 is 2.54 bits per heavy atom. The number of fused-ring (bicyclic) bond motifs is 1. The van der Waals surface area contributed by atoms with Crippen LogP contribution in [-0.4, -0.2) is 32.6 Å². The van der Waals surface area contributed by atoms with Gasteiger partial charge in [-0.1, -0.05) is 84.6 Å². The first kappa shape index (κ1) is 24.2. The van der Waals surface area contributed by atoms with E-state index in [-0.39, 0.29) is 11.7 Å². The summed E-state index contributed by atoms with van der Waals surface area (Å²) >= 11 is 1.25. The number of amides is 1. The van der Waals surface area contributed by atoms with Crippen molar-refractivity contribution in [1.82, 2.24) is 20.2 Å². The van der Waals surface area contributed by atoms with Crippen LogP contribution in [-0.2, 0) is 11.3 Å². The second-order valence-electron chi connectivity index (χ2n) is 8.05. The van der Waals surface area contributed by atoms with Crippen molar-refractivity contribution in [2.75, 3.05) is 11.1 Å². The average Bonchev–Trinajstić information content (AvgIpc) is 3.35. The first-order valence-corrected chi connectivity index (χ1v) is 12.6. The summed E-state index contributed by atoms with van der Waals surface area (Å²) in [6, 6.07) is 30.3. The van der Waals surface area contributed by atoms with E-state index in [0.717, 1.165) is 22.1 Å². The van der Waals surface area contributed by atoms with Gasteiger partial charge in [-0.15, -0.1) is 10.2 Å². The Kier molecular flexibility index (Phi) is 7.52. The molecule has 0 unspecified atom stereocenters. The second kappa shape index (κ2) is 11.5. The molecule has 37 heavy (non-hydrogen) atoms. The molecule has 0 atom stereocenters. The molecule has 0 saturated heterocycles. The lowest BCUT2D eigenvalue weighted by Crippen LogP contribution is -2.20. The molecule has 1 heterocycles. The van der Waals surface area contributed by atoms with Gasteiger partial charge < -0.3 is 5.32 Å². The smallest absolute Gasteiger partial charge is 0.250 e. The molecular formula is C28H23FN6OS. The summed E-state index contributed by atoms with van der Waals surface area (Å²) < 4.78 is 15.6. The van der Waals surface area contributed by atoms with Gasteiger partial charge in [-0.05, 0) is 29.7 Å². The van der Waals surface area contributed by atoms with Gasteiger partial charge in [0.25, 0.3) is 5.91 Å². The van der Waals surface area contributed by atoms with Crippen LogP contribution < -0.4 is 10.7 Å². The van der Waals surface area contributed by atoms with E-state index in [0.29, 0.717) is 23.1 Å². The number of benzene rings is 4. The third-order valence-electron chi connectivity index (χ3n) is 5.57. The second-order valence-corrected chi connectivity index (χ2v) is 9.00. The van der Waals surface area contributed by atoms with Gasteiger partial charge in [-0.3, -0.25) is 9.36 Å². The normalized spacial score (nSPS) is 11.2. The summed E-state index contributed by atoms with van der Waals surface area (Å²) in [5.41, 5.74) is 4.62. The summed E-state index contributed by atoms with van der Waals surface area (Å²) in [5.74, 6) is 0.0294. The van der Waals surface area contributed by atoms with E-state index in [4.69, 9.17) is 0 Å². The van der Waals surface area contributed by atoms with Crippen molar-refractivity contribution in [3.63, 3.8) is 0 Å². The molecule has 7 nitrogen and oxygen atoms in total. The number of nitrogens with one attached hydrogen (secondary N) is 2. The third-order valence-corrected chi connectivity index (χ3v) is 6.50.